The Kier molecular flexibility index (Phi) is 15.6. The van der Waals surface area contributed by atoms with Crippen molar-refractivity contribution in [1.82, 2.24) is 20.4 Å². The van der Waals surface area contributed by atoms with Crippen molar-refractivity contribution >= 4 is 30.0 Å². The first-order valence-corrected chi connectivity index (χ1v) is 17.1. The van der Waals surface area contributed by atoms with E-state index in [1.807, 2.05) is 41.5 Å². The minimum Gasteiger partial charge on any atom is -0.466 e. The Bertz CT molecular complexity index is 954. The number of nitrogens with one attached hydrogen (secondary N) is 2. The van der Waals surface area contributed by atoms with Gasteiger partial charge in [-0.25, -0.2) is 9.59 Å². The van der Waals surface area contributed by atoms with Gasteiger partial charge in [-0.1, -0.05) is 0 Å². The van der Waals surface area contributed by atoms with Gasteiger partial charge in [-0.15, -0.1) is 0 Å². The second-order valence-electron chi connectivity index (χ2n) is 14.9. The lowest BCUT2D eigenvalue weighted by atomic mass is 9.84. The third kappa shape index (κ3) is 15.5. The van der Waals surface area contributed by atoms with Crippen molar-refractivity contribution in [3.63, 3.8) is 0 Å². The highest BCUT2D eigenvalue weighted by molar-refractivity contribution is 5.86. The molecule has 0 aromatic heterocycles. The minimum absolute atomic E-state index is 0.0651. The smallest absolute Gasteiger partial charge is 0.410 e. The molecule has 2 heterocycles. The third-order valence-electron chi connectivity index (χ3n) is 8.36. The molecule has 0 bridgehead atoms. The maximum Gasteiger partial charge on any atom is 0.410 e. The lowest BCUT2D eigenvalue weighted by Gasteiger charge is -2.34. The van der Waals surface area contributed by atoms with Crippen LogP contribution in [0, 0.1) is 17.8 Å². The van der Waals surface area contributed by atoms with E-state index in [0.29, 0.717) is 50.9 Å². The molecule has 0 aromatic carbocycles. The molecule has 1 atom stereocenters. The van der Waals surface area contributed by atoms with Crippen LogP contribution < -0.4 is 10.6 Å². The van der Waals surface area contributed by atoms with Crippen LogP contribution in [0.2, 0.25) is 0 Å². The molecular weight excluding hydrogens is 592 g/mol. The summed E-state index contributed by atoms with van der Waals surface area (Å²) < 4.78 is 16.0. The molecule has 2 aliphatic rings. The molecule has 2 fully saturated rings. The van der Waals surface area contributed by atoms with Crippen LogP contribution in [0.25, 0.3) is 0 Å². The molecule has 2 rings (SSSR count). The standard InChI is InChI=1S/C34H60N4O8/c1-9-44-29(40)22-24(2)36-28(39)23-35-30(41)27(12-10-25-14-18-37(19-15-25)31(42)45-33(3,4)5)13-11-26-16-20-38(21-17-26)32(43)46-34(6,7)8/h24-27H,9-23H2,1-8H3,(H,35,41)(H,36,39). The summed E-state index contributed by atoms with van der Waals surface area (Å²) in [5.74, 6) is -0.333. The van der Waals surface area contributed by atoms with E-state index in [4.69, 9.17) is 14.2 Å². The van der Waals surface area contributed by atoms with E-state index in [9.17, 15) is 24.0 Å². The van der Waals surface area contributed by atoms with Gasteiger partial charge in [-0.05, 0) is 119 Å². The van der Waals surface area contributed by atoms with E-state index >= 15 is 0 Å². The number of amides is 4. The second-order valence-corrected chi connectivity index (χ2v) is 14.9. The number of hydrogen-bond acceptors (Lipinski definition) is 8. The number of esters is 1. The van der Waals surface area contributed by atoms with Gasteiger partial charge in [0.05, 0.1) is 19.6 Å². The zero-order chi connectivity index (χ0) is 34.5. The van der Waals surface area contributed by atoms with Crippen molar-refractivity contribution in [3.8, 4) is 0 Å². The summed E-state index contributed by atoms with van der Waals surface area (Å²) in [7, 11) is 0. The average Bonchev–Trinajstić information content (AvgIpc) is 2.94. The van der Waals surface area contributed by atoms with Crippen molar-refractivity contribution < 1.29 is 38.2 Å². The first-order valence-electron chi connectivity index (χ1n) is 17.1. The van der Waals surface area contributed by atoms with Crippen molar-refractivity contribution in [1.29, 1.82) is 0 Å². The first kappa shape index (κ1) is 39.1. The van der Waals surface area contributed by atoms with Crippen LogP contribution >= 0.6 is 0 Å². The molecule has 46 heavy (non-hydrogen) atoms. The Balaban J connectivity index is 1.90. The van der Waals surface area contributed by atoms with E-state index in [2.05, 4.69) is 10.6 Å². The number of carbonyl (C=O) groups excluding carboxylic acids is 5. The number of nitrogens with zero attached hydrogens (tertiary/aromatic N) is 2. The summed E-state index contributed by atoms with van der Waals surface area (Å²) in [6.07, 6.45) is 6.05. The lowest BCUT2D eigenvalue weighted by molar-refractivity contribution is -0.143. The Labute approximate surface area is 276 Å². The van der Waals surface area contributed by atoms with Crippen LogP contribution in [0.15, 0.2) is 0 Å². The van der Waals surface area contributed by atoms with Crippen LogP contribution in [0.4, 0.5) is 9.59 Å². The number of likely N-dealkylation sites (tertiary alicyclic amines) is 2. The van der Waals surface area contributed by atoms with E-state index in [-0.39, 0.29) is 55.5 Å². The number of ether oxygens (including phenoxy) is 3. The fraction of sp³-hybridized carbons (Fsp3) is 0.853. The van der Waals surface area contributed by atoms with Gasteiger partial charge in [0, 0.05) is 38.1 Å². The van der Waals surface area contributed by atoms with E-state index < -0.39 is 17.2 Å². The predicted octanol–water partition coefficient (Wildman–Crippen LogP) is 5.03. The summed E-state index contributed by atoms with van der Waals surface area (Å²) in [5, 5.41) is 5.57. The largest absolute Gasteiger partial charge is 0.466 e. The molecular formula is C34H60N4O8. The van der Waals surface area contributed by atoms with E-state index in [0.717, 1.165) is 38.5 Å². The second kappa shape index (κ2) is 18.3. The first-order chi connectivity index (χ1) is 21.5. The summed E-state index contributed by atoms with van der Waals surface area (Å²) in [4.78, 5) is 66.1. The van der Waals surface area contributed by atoms with Crippen molar-refractivity contribution in [2.45, 2.75) is 130 Å². The minimum atomic E-state index is -0.531. The molecule has 2 aliphatic heterocycles. The van der Waals surface area contributed by atoms with Gasteiger partial charge in [0.2, 0.25) is 11.8 Å². The highest BCUT2D eigenvalue weighted by atomic mass is 16.6. The molecule has 0 spiro atoms. The quantitative estimate of drug-likeness (QED) is 0.208. The van der Waals surface area contributed by atoms with E-state index in [1.54, 1.807) is 23.6 Å². The van der Waals surface area contributed by atoms with Crippen molar-refractivity contribution in [3.05, 3.63) is 0 Å². The Morgan fingerprint density at radius 3 is 1.59 bits per heavy atom. The predicted molar refractivity (Wildman–Crippen MR) is 175 cm³/mol. The lowest BCUT2D eigenvalue weighted by Crippen LogP contribution is -2.44. The normalized spacial score (nSPS) is 17.3. The summed E-state index contributed by atoms with van der Waals surface area (Å²) >= 11 is 0. The topological polar surface area (TPSA) is 144 Å². The fourth-order valence-corrected chi connectivity index (χ4v) is 5.90. The Morgan fingerprint density at radius 1 is 0.761 bits per heavy atom. The summed E-state index contributed by atoms with van der Waals surface area (Å²) in [5.41, 5.74) is -1.06. The Morgan fingerprint density at radius 2 is 1.20 bits per heavy atom. The molecule has 1 unspecified atom stereocenters. The van der Waals surface area contributed by atoms with Crippen LogP contribution in [0.3, 0.4) is 0 Å². The van der Waals surface area contributed by atoms with Crippen LogP contribution in [0.5, 0.6) is 0 Å². The van der Waals surface area contributed by atoms with Gasteiger partial charge >= 0.3 is 18.2 Å². The van der Waals surface area contributed by atoms with Gasteiger partial charge in [0.1, 0.15) is 11.2 Å². The third-order valence-corrected chi connectivity index (χ3v) is 8.36. The number of piperidine rings is 2. The number of rotatable bonds is 13. The maximum atomic E-state index is 13.4. The monoisotopic (exact) mass is 652 g/mol. The molecule has 0 radical (unpaired) electrons. The molecule has 4 amide bonds. The molecule has 0 aromatic rings. The Hall–Kier alpha value is -3.05. The van der Waals surface area contributed by atoms with Crippen LogP contribution in [0.1, 0.15) is 113 Å². The summed E-state index contributed by atoms with van der Waals surface area (Å²) in [6, 6.07) is -0.405. The van der Waals surface area contributed by atoms with Crippen molar-refractivity contribution in [2.24, 2.45) is 17.8 Å². The van der Waals surface area contributed by atoms with Gasteiger partial charge in [0.25, 0.3) is 0 Å². The van der Waals surface area contributed by atoms with Crippen molar-refractivity contribution in [2.75, 3.05) is 39.3 Å². The van der Waals surface area contributed by atoms with E-state index in [1.165, 1.54) is 0 Å². The molecule has 12 heteroatoms. The summed E-state index contributed by atoms with van der Waals surface area (Å²) in [6.45, 7) is 17.3. The molecule has 2 saturated heterocycles. The van der Waals surface area contributed by atoms with Gasteiger partial charge in [0.15, 0.2) is 0 Å². The molecule has 264 valence electrons. The highest BCUT2D eigenvalue weighted by Crippen LogP contribution is 2.30. The van der Waals surface area contributed by atoms with Crippen LogP contribution in [-0.2, 0) is 28.6 Å². The molecule has 12 nitrogen and oxygen atoms in total. The fourth-order valence-electron chi connectivity index (χ4n) is 5.90. The van der Waals surface area contributed by atoms with Gasteiger partial charge in [-0.3, -0.25) is 14.4 Å². The maximum absolute atomic E-state index is 13.4. The number of hydrogen-bond donors (Lipinski definition) is 2. The van der Waals surface area contributed by atoms with Gasteiger partial charge < -0.3 is 34.6 Å². The van der Waals surface area contributed by atoms with Crippen LogP contribution in [-0.4, -0.2) is 96.3 Å². The highest BCUT2D eigenvalue weighted by Gasteiger charge is 2.30. The average molecular weight is 653 g/mol. The van der Waals surface area contributed by atoms with Gasteiger partial charge in [-0.2, -0.15) is 0 Å². The SMILES string of the molecule is CCOC(=O)CC(C)NC(=O)CNC(=O)C(CCC1CCN(C(=O)OC(C)(C)C)CC1)CCC1CCN(C(=O)OC(C)(C)C)CC1. The number of carbonyl (C=O) groups is 5. The molecule has 0 aliphatic carbocycles. The zero-order valence-corrected chi connectivity index (χ0v) is 29.6. The zero-order valence-electron chi connectivity index (χ0n) is 29.6. The molecule has 0 saturated carbocycles. The molecule has 2 N–H and O–H groups in total.